The minimum Gasteiger partial charge on any atom is -0.382 e. The van der Waals surface area contributed by atoms with Gasteiger partial charge in [0.1, 0.15) is 11.6 Å². The van der Waals surface area contributed by atoms with Gasteiger partial charge in [0.15, 0.2) is 0 Å². The van der Waals surface area contributed by atoms with E-state index in [1.165, 1.54) is 36.4 Å². The SMILES string of the molecule is CCNc1c(F)cccc1C(=O)Nc1ccccc1F. The lowest BCUT2D eigenvalue weighted by Gasteiger charge is -2.12. The number of benzene rings is 2. The fourth-order valence-corrected chi connectivity index (χ4v) is 1.82. The molecule has 0 aliphatic carbocycles. The topological polar surface area (TPSA) is 41.1 Å². The van der Waals surface area contributed by atoms with Gasteiger partial charge in [-0.25, -0.2) is 8.78 Å². The van der Waals surface area contributed by atoms with Gasteiger partial charge in [-0.2, -0.15) is 0 Å². The molecule has 0 heterocycles. The second-order valence-corrected chi connectivity index (χ2v) is 4.13. The largest absolute Gasteiger partial charge is 0.382 e. The molecule has 2 aromatic carbocycles. The Morgan fingerprint density at radius 2 is 1.75 bits per heavy atom. The van der Waals surface area contributed by atoms with Crippen molar-refractivity contribution in [2.45, 2.75) is 6.92 Å². The van der Waals surface area contributed by atoms with Gasteiger partial charge in [-0.15, -0.1) is 0 Å². The van der Waals surface area contributed by atoms with Crippen molar-refractivity contribution in [3.05, 3.63) is 59.7 Å². The van der Waals surface area contributed by atoms with Crippen molar-refractivity contribution in [2.75, 3.05) is 17.2 Å². The standard InChI is InChI=1S/C15H14F2N2O/c1-2-18-14-10(6-5-8-12(14)17)15(20)19-13-9-4-3-7-11(13)16/h3-9,18H,2H2,1H3,(H,19,20). The maximum Gasteiger partial charge on any atom is 0.257 e. The minimum absolute atomic E-state index is 0.0595. The van der Waals surface area contributed by atoms with Crippen LogP contribution in [0.2, 0.25) is 0 Å². The van der Waals surface area contributed by atoms with E-state index in [-0.39, 0.29) is 16.9 Å². The summed E-state index contributed by atoms with van der Waals surface area (Å²) < 4.78 is 27.2. The first-order chi connectivity index (χ1) is 9.63. The second kappa shape index (κ2) is 6.14. The molecule has 2 rings (SSSR count). The summed E-state index contributed by atoms with van der Waals surface area (Å²) in [6, 6.07) is 10.0. The number of carbonyl (C=O) groups is 1. The van der Waals surface area contributed by atoms with Gasteiger partial charge in [-0.1, -0.05) is 18.2 Å². The number of nitrogens with one attached hydrogen (secondary N) is 2. The van der Waals surface area contributed by atoms with Crippen LogP contribution in [0.3, 0.4) is 0 Å². The van der Waals surface area contributed by atoms with Crippen LogP contribution >= 0.6 is 0 Å². The van der Waals surface area contributed by atoms with Gasteiger partial charge in [0.2, 0.25) is 0 Å². The zero-order valence-electron chi connectivity index (χ0n) is 10.9. The van der Waals surface area contributed by atoms with Gasteiger partial charge >= 0.3 is 0 Å². The molecule has 3 nitrogen and oxygen atoms in total. The van der Waals surface area contributed by atoms with E-state index in [4.69, 9.17) is 0 Å². The summed E-state index contributed by atoms with van der Waals surface area (Å²) in [7, 11) is 0. The number of halogens is 2. The van der Waals surface area contributed by atoms with Crippen molar-refractivity contribution in [1.29, 1.82) is 0 Å². The number of hydrogen-bond donors (Lipinski definition) is 2. The Balaban J connectivity index is 2.30. The molecular formula is C15H14F2N2O. The summed E-state index contributed by atoms with van der Waals surface area (Å²) in [5, 5.41) is 5.23. The first kappa shape index (κ1) is 14.0. The maximum absolute atomic E-state index is 13.7. The number of carbonyl (C=O) groups excluding carboxylic acids is 1. The summed E-state index contributed by atoms with van der Waals surface area (Å²) in [5.41, 5.74) is 0.308. The van der Waals surface area contributed by atoms with Crippen LogP contribution in [-0.2, 0) is 0 Å². The van der Waals surface area contributed by atoms with Crippen molar-refractivity contribution >= 4 is 17.3 Å². The summed E-state index contributed by atoms with van der Waals surface area (Å²) in [5.74, 6) is -1.62. The third-order valence-electron chi connectivity index (χ3n) is 2.73. The van der Waals surface area contributed by atoms with Crippen molar-refractivity contribution < 1.29 is 13.6 Å². The molecule has 104 valence electrons. The fourth-order valence-electron chi connectivity index (χ4n) is 1.82. The van der Waals surface area contributed by atoms with Crippen LogP contribution in [-0.4, -0.2) is 12.5 Å². The Labute approximate surface area is 115 Å². The Morgan fingerprint density at radius 1 is 1.05 bits per heavy atom. The van der Waals surface area contributed by atoms with Crippen LogP contribution in [0, 0.1) is 11.6 Å². The van der Waals surface area contributed by atoms with Crippen molar-refractivity contribution in [3.63, 3.8) is 0 Å². The zero-order valence-corrected chi connectivity index (χ0v) is 10.9. The average molecular weight is 276 g/mol. The highest BCUT2D eigenvalue weighted by Crippen LogP contribution is 2.22. The molecule has 0 bridgehead atoms. The molecule has 0 radical (unpaired) electrons. The normalized spacial score (nSPS) is 10.2. The first-order valence-electron chi connectivity index (χ1n) is 6.21. The van der Waals surface area contributed by atoms with Gasteiger partial charge in [0, 0.05) is 6.54 Å². The van der Waals surface area contributed by atoms with Gasteiger partial charge in [0.05, 0.1) is 16.9 Å². The number of hydrogen-bond acceptors (Lipinski definition) is 2. The van der Waals surface area contributed by atoms with Crippen LogP contribution in [0.4, 0.5) is 20.2 Å². The third kappa shape index (κ3) is 2.93. The summed E-state index contributed by atoms with van der Waals surface area (Å²) >= 11 is 0. The van der Waals surface area contributed by atoms with E-state index in [0.29, 0.717) is 6.54 Å². The summed E-state index contributed by atoms with van der Waals surface area (Å²) in [6.45, 7) is 2.27. The molecule has 0 unspecified atom stereocenters. The molecule has 0 spiro atoms. The van der Waals surface area contributed by atoms with Crippen LogP contribution in [0.1, 0.15) is 17.3 Å². The molecule has 0 aliphatic heterocycles. The molecule has 0 atom stereocenters. The van der Waals surface area contributed by atoms with E-state index in [1.54, 1.807) is 13.0 Å². The van der Waals surface area contributed by atoms with E-state index >= 15 is 0 Å². The molecule has 0 fully saturated rings. The van der Waals surface area contributed by atoms with E-state index < -0.39 is 17.5 Å². The fraction of sp³-hybridized carbons (Fsp3) is 0.133. The highest BCUT2D eigenvalue weighted by molar-refractivity contribution is 6.08. The Hall–Kier alpha value is -2.43. The predicted molar refractivity (Wildman–Crippen MR) is 74.9 cm³/mol. The molecule has 2 aromatic rings. The Bertz CT molecular complexity index is 629. The molecule has 1 amide bonds. The highest BCUT2D eigenvalue weighted by atomic mass is 19.1. The van der Waals surface area contributed by atoms with E-state index in [9.17, 15) is 13.6 Å². The van der Waals surface area contributed by atoms with E-state index in [2.05, 4.69) is 10.6 Å². The van der Waals surface area contributed by atoms with Crippen molar-refractivity contribution in [3.8, 4) is 0 Å². The monoisotopic (exact) mass is 276 g/mol. The van der Waals surface area contributed by atoms with Crippen molar-refractivity contribution in [1.82, 2.24) is 0 Å². The Morgan fingerprint density at radius 3 is 2.45 bits per heavy atom. The predicted octanol–water partition coefficient (Wildman–Crippen LogP) is 3.65. The quantitative estimate of drug-likeness (QED) is 0.895. The number of rotatable bonds is 4. The molecule has 0 saturated carbocycles. The van der Waals surface area contributed by atoms with Gasteiger partial charge in [-0.3, -0.25) is 4.79 Å². The van der Waals surface area contributed by atoms with Gasteiger partial charge < -0.3 is 10.6 Å². The lowest BCUT2D eigenvalue weighted by molar-refractivity contribution is 0.102. The molecule has 5 heteroatoms. The van der Waals surface area contributed by atoms with Crippen molar-refractivity contribution in [2.24, 2.45) is 0 Å². The first-order valence-corrected chi connectivity index (χ1v) is 6.21. The van der Waals surface area contributed by atoms with Gasteiger partial charge in [-0.05, 0) is 31.2 Å². The zero-order chi connectivity index (χ0) is 14.5. The van der Waals surface area contributed by atoms with Crippen LogP contribution in [0.15, 0.2) is 42.5 Å². The molecule has 0 saturated heterocycles. The molecule has 20 heavy (non-hydrogen) atoms. The lowest BCUT2D eigenvalue weighted by Crippen LogP contribution is -2.16. The molecular weight excluding hydrogens is 262 g/mol. The van der Waals surface area contributed by atoms with Crippen LogP contribution in [0.25, 0.3) is 0 Å². The van der Waals surface area contributed by atoms with Gasteiger partial charge in [0.25, 0.3) is 5.91 Å². The molecule has 2 N–H and O–H groups in total. The number of para-hydroxylation sites is 2. The summed E-state index contributed by atoms with van der Waals surface area (Å²) in [4.78, 5) is 12.1. The minimum atomic E-state index is -0.564. The van der Waals surface area contributed by atoms with Crippen LogP contribution < -0.4 is 10.6 Å². The Kier molecular flexibility index (Phi) is 4.30. The van der Waals surface area contributed by atoms with Crippen LogP contribution in [0.5, 0.6) is 0 Å². The average Bonchev–Trinajstić information content (AvgIpc) is 2.43. The summed E-state index contributed by atoms with van der Waals surface area (Å²) in [6.07, 6.45) is 0. The van der Waals surface area contributed by atoms with E-state index in [0.717, 1.165) is 0 Å². The second-order valence-electron chi connectivity index (χ2n) is 4.13. The maximum atomic E-state index is 13.7. The molecule has 0 aromatic heterocycles. The smallest absolute Gasteiger partial charge is 0.257 e. The van der Waals surface area contributed by atoms with E-state index in [1.807, 2.05) is 0 Å². The third-order valence-corrected chi connectivity index (χ3v) is 2.73. The number of anilines is 2. The number of amides is 1. The molecule has 0 aliphatic rings. The lowest BCUT2D eigenvalue weighted by atomic mass is 10.1. The highest BCUT2D eigenvalue weighted by Gasteiger charge is 2.15.